The number of carbonyl (C=O) groups excluding carboxylic acids is 2. The van der Waals surface area contributed by atoms with Gasteiger partial charge in [-0.05, 0) is 6.92 Å². The van der Waals surface area contributed by atoms with Gasteiger partial charge in [-0.3, -0.25) is 14.5 Å². The van der Waals surface area contributed by atoms with Crippen LogP contribution in [0.25, 0.3) is 0 Å². The first-order chi connectivity index (χ1) is 5.68. The number of Topliss-reactive ketones (excluding diaryl/α,β-unsaturated/α-hetero) is 1. The molecule has 0 atom stereocenters. The molecule has 1 aliphatic heterocycles. The molecule has 0 unspecified atom stereocenters. The van der Waals surface area contributed by atoms with E-state index < -0.39 is 0 Å². The fourth-order valence-corrected chi connectivity index (χ4v) is 1.10. The smallest absolute Gasteiger partial charge is 0.320 e. The van der Waals surface area contributed by atoms with Crippen molar-refractivity contribution in [1.82, 2.24) is 4.90 Å². The highest BCUT2D eigenvalue weighted by Crippen LogP contribution is 1.99. The van der Waals surface area contributed by atoms with Gasteiger partial charge < -0.3 is 4.74 Å². The lowest BCUT2D eigenvalue weighted by atomic mass is 10.3. The molecule has 4 nitrogen and oxygen atoms in total. The lowest BCUT2D eigenvalue weighted by molar-refractivity contribution is -0.150. The van der Waals surface area contributed by atoms with Crippen molar-refractivity contribution in [3.05, 3.63) is 0 Å². The molecule has 1 aliphatic rings. The molecule has 0 aliphatic carbocycles. The number of nitrogens with zero attached hydrogens (tertiary/aromatic N) is 1. The van der Waals surface area contributed by atoms with Crippen LogP contribution in [-0.2, 0) is 14.3 Å². The topological polar surface area (TPSA) is 46.6 Å². The highest BCUT2D eigenvalue weighted by molar-refractivity contribution is 5.76. The molecule has 0 aromatic heterocycles. The van der Waals surface area contributed by atoms with E-state index >= 15 is 0 Å². The van der Waals surface area contributed by atoms with Gasteiger partial charge in [0.1, 0.15) is 12.4 Å². The minimum Gasteiger partial charge on any atom is -0.463 e. The van der Waals surface area contributed by atoms with Crippen molar-refractivity contribution in [1.29, 1.82) is 0 Å². The van der Waals surface area contributed by atoms with Gasteiger partial charge in [0.2, 0.25) is 0 Å². The van der Waals surface area contributed by atoms with Crippen LogP contribution in [0, 0.1) is 0 Å². The highest BCUT2D eigenvalue weighted by atomic mass is 16.5. The highest BCUT2D eigenvalue weighted by Gasteiger charge is 2.17. The fraction of sp³-hybridized carbons (Fsp3) is 0.750. The lowest BCUT2D eigenvalue weighted by Crippen LogP contribution is -2.40. The Balaban J connectivity index is 2.23. The quantitative estimate of drug-likeness (QED) is 0.553. The number of carbonyl (C=O) groups is 2. The third kappa shape index (κ3) is 3.00. The van der Waals surface area contributed by atoms with E-state index in [1.54, 1.807) is 6.92 Å². The second-order valence-corrected chi connectivity index (χ2v) is 2.95. The molecule has 0 amide bonds. The third-order valence-electron chi connectivity index (χ3n) is 1.80. The zero-order valence-corrected chi connectivity index (χ0v) is 7.21. The standard InChI is InChI=1S/C8H13NO3/c1-7(10)2-3-9-4-5-12-8(11)6-9/h2-6H2,1H3. The predicted molar refractivity (Wildman–Crippen MR) is 42.7 cm³/mol. The summed E-state index contributed by atoms with van der Waals surface area (Å²) in [4.78, 5) is 23.3. The summed E-state index contributed by atoms with van der Waals surface area (Å²) in [6, 6.07) is 0. The number of hydrogen-bond donors (Lipinski definition) is 0. The normalized spacial score (nSPS) is 18.9. The minimum absolute atomic E-state index is 0.161. The number of ether oxygens (including phenoxy) is 1. The van der Waals surface area contributed by atoms with Gasteiger partial charge in [0.25, 0.3) is 0 Å². The SMILES string of the molecule is CC(=O)CCN1CCOC(=O)C1. The van der Waals surface area contributed by atoms with Gasteiger partial charge in [0, 0.05) is 19.5 Å². The molecule has 4 heteroatoms. The predicted octanol–water partition coefficient (Wildman–Crippen LogP) is -0.176. The van der Waals surface area contributed by atoms with E-state index in [1.807, 2.05) is 4.90 Å². The van der Waals surface area contributed by atoms with Gasteiger partial charge in [0.15, 0.2) is 0 Å². The first-order valence-electron chi connectivity index (χ1n) is 4.06. The van der Waals surface area contributed by atoms with Crippen LogP contribution in [0.4, 0.5) is 0 Å². The molecule has 0 aromatic carbocycles. The summed E-state index contributed by atoms with van der Waals surface area (Å²) >= 11 is 0. The summed E-state index contributed by atoms with van der Waals surface area (Å²) in [6.45, 7) is 3.76. The summed E-state index contributed by atoms with van der Waals surface area (Å²) in [7, 11) is 0. The average Bonchev–Trinajstić information content (AvgIpc) is 2.01. The van der Waals surface area contributed by atoms with Crippen molar-refractivity contribution >= 4 is 11.8 Å². The van der Waals surface area contributed by atoms with Crippen molar-refractivity contribution in [3.8, 4) is 0 Å². The summed E-state index contributed by atoms with van der Waals surface area (Å²) < 4.78 is 4.75. The monoisotopic (exact) mass is 171 g/mol. The minimum atomic E-state index is -0.190. The zero-order valence-electron chi connectivity index (χ0n) is 7.21. The molecular formula is C8H13NO3. The van der Waals surface area contributed by atoms with Crippen LogP contribution in [0.3, 0.4) is 0 Å². The van der Waals surface area contributed by atoms with Crippen LogP contribution in [-0.4, -0.2) is 42.9 Å². The van der Waals surface area contributed by atoms with Gasteiger partial charge in [-0.15, -0.1) is 0 Å². The van der Waals surface area contributed by atoms with Gasteiger partial charge >= 0.3 is 5.97 Å². The molecule has 1 heterocycles. The molecular weight excluding hydrogens is 158 g/mol. The van der Waals surface area contributed by atoms with Crippen molar-refractivity contribution in [3.63, 3.8) is 0 Å². The molecule has 0 saturated carbocycles. The summed E-state index contributed by atoms with van der Waals surface area (Å²) in [6.07, 6.45) is 0.521. The molecule has 68 valence electrons. The van der Waals surface area contributed by atoms with Crippen molar-refractivity contribution in [2.45, 2.75) is 13.3 Å². The van der Waals surface area contributed by atoms with Crippen molar-refractivity contribution in [2.75, 3.05) is 26.2 Å². The van der Waals surface area contributed by atoms with Gasteiger partial charge in [-0.2, -0.15) is 0 Å². The first-order valence-corrected chi connectivity index (χ1v) is 4.06. The van der Waals surface area contributed by atoms with Gasteiger partial charge in [-0.1, -0.05) is 0 Å². The van der Waals surface area contributed by atoms with Crippen LogP contribution in [0.2, 0.25) is 0 Å². The molecule has 1 fully saturated rings. The van der Waals surface area contributed by atoms with Gasteiger partial charge in [-0.25, -0.2) is 0 Å². The maximum absolute atomic E-state index is 10.8. The van der Waals surface area contributed by atoms with E-state index in [2.05, 4.69) is 0 Å². The summed E-state index contributed by atoms with van der Waals surface area (Å²) in [5.74, 6) is -0.0289. The van der Waals surface area contributed by atoms with Gasteiger partial charge in [0.05, 0.1) is 6.54 Å². The maximum atomic E-state index is 10.8. The molecule has 1 rings (SSSR count). The number of rotatable bonds is 3. The van der Waals surface area contributed by atoms with Crippen molar-refractivity contribution in [2.24, 2.45) is 0 Å². The number of hydrogen-bond acceptors (Lipinski definition) is 4. The summed E-state index contributed by atoms with van der Waals surface area (Å²) in [5.41, 5.74) is 0. The largest absolute Gasteiger partial charge is 0.463 e. The Morgan fingerprint density at radius 2 is 2.42 bits per heavy atom. The van der Waals surface area contributed by atoms with E-state index in [4.69, 9.17) is 4.74 Å². The van der Waals surface area contributed by atoms with E-state index in [9.17, 15) is 9.59 Å². The van der Waals surface area contributed by atoms with E-state index in [0.29, 0.717) is 26.1 Å². The van der Waals surface area contributed by atoms with Crippen LogP contribution < -0.4 is 0 Å². The van der Waals surface area contributed by atoms with Crippen LogP contribution >= 0.6 is 0 Å². The van der Waals surface area contributed by atoms with E-state index in [-0.39, 0.29) is 11.8 Å². The Kier molecular flexibility index (Phi) is 3.22. The molecule has 12 heavy (non-hydrogen) atoms. The Bertz CT molecular complexity index is 191. The molecule has 0 bridgehead atoms. The zero-order chi connectivity index (χ0) is 8.97. The number of esters is 1. The Morgan fingerprint density at radius 1 is 1.67 bits per heavy atom. The second kappa shape index (κ2) is 4.21. The van der Waals surface area contributed by atoms with E-state index in [1.165, 1.54) is 0 Å². The number of ketones is 1. The second-order valence-electron chi connectivity index (χ2n) is 2.95. The van der Waals surface area contributed by atoms with Crippen molar-refractivity contribution < 1.29 is 14.3 Å². The van der Waals surface area contributed by atoms with Crippen LogP contribution in [0.1, 0.15) is 13.3 Å². The van der Waals surface area contributed by atoms with E-state index in [0.717, 1.165) is 6.54 Å². The summed E-state index contributed by atoms with van der Waals surface area (Å²) in [5, 5.41) is 0. The number of cyclic esters (lactones) is 1. The fourth-order valence-electron chi connectivity index (χ4n) is 1.10. The molecule has 0 radical (unpaired) electrons. The number of morpholine rings is 1. The molecule has 0 spiro atoms. The Hall–Kier alpha value is -0.900. The third-order valence-corrected chi connectivity index (χ3v) is 1.80. The lowest BCUT2D eigenvalue weighted by Gasteiger charge is -2.24. The van der Waals surface area contributed by atoms with Crippen LogP contribution in [0.5, 0.6) is 0 Å². The maximum Gasteiger partial charge on any atom is 0.320 e. The average molecular weight is 171 g/mol. The molecule has 1 saturated heterocycles. The molecule has 0 N–H and O–H groups in total. The molecule has 0 aromatic rings. The first kappa shape index (κ1) is 9.19. The Labute approximate surface area is 71.5 Å². The van der Waals surface area contributed by atoms with Crippen LogP contribution in [0.15, 0.2) is 0 Å². The Morgan fingerprint density at radius 3 is 3.00 bits per heavy atom.